The Morgan fingerprint density at radius 1 is 1.27 bits per heavy atom. The molecular weight excluding hydrogens is 348 g/mol. The second-order valence-electron chi connectivity index (χ2n) is 6.41. The SMILES string of the molecule is Cc1ccc(CNC(=O)c2oc3c(c2C)/C(=N/NC(N)=S)CCC3)cc1. The third-order valence-corrected chi connectivity index (χ3v) is 4.50. The van der Waals surface area contributed by atoms with Crippen LogP contribution in [0.25, 0.3) is 0 Å². The van der Waals surface area contributed by atoms with Gasteiger partial charge >= 0.3 is 0 Å². The monoisotopic (exact) mass is 370 g/mol. The summed E-state index contributed by atoms with van der Waals surface area (Å²) in [6, 6.07) is 8.05. The maximum Gasteiger partial charge on any atom is 0.287 e. The van der Waals surface area contributed by atoms with Crippen LogP contribution >= 0.6 is 12.2 Å². The molecule has 1 aliphatic rings. The van der Waals surface area contributed by atoms with Gasteiger partial charge in [-0.1, -0.05) is 29.8 Å². The zero-order valence-electron chi connectivity index (χ0n) is 14.9. The number of hydrogen-bond donors (Lipinski definition) is 3. The second-order valence-corrected chi connectivity index (χ2v) is 6.85. The van der Waals surface area contributed by atoms with E-state index in [1.54, 1.807) is 0 Å². The summed E-state index contributed by atoms with van der Waals surface area (Å²) < 4.78 is 5.86. The van der Waals surface area contributed by atoms with Crippen molar-refractivity contribution in [3.63, 3.8) is 0 Å². The number of thiocarbonyl (C=S) groups is 1. The number of rotatable bonds is 4. The quantitative estimate of drug-likeness (QED) is 0.568. The van der Waals surface area contributed by atoms with E-state index in [0.29, 0.717) is 12.3 Å². The number of hydrogen-bond acceptors (Lipinski definition) is 4. The number of fused-ring (bicyclic) bond motifs is 1. The molecule has 1 aromatic carbocycles. The minimum Gasteiger partial charge on any atom is -0.455 e. The number of amides is 1. The van der Waals surface area contributed by atoms with Crippen molar-refractivity contribution in [1.82, 2.24) is 10.7 Å². The molecule has 0 aliphatic heterocycles. The van der Waals surface area contributed by atoms with Crippen LogP contribution in [0.1, 0.15) is 51.4 Å². The van der Waals surface area contributed by atoms with Gasteiger partial charge in [-0.15, -0.1) is 0 Å². The molecule has 4 N–H and O–H groups in total. The fraction of sp³-hybridized carbons (Fsp3) is 0.316. The third-order valence-electron chi connectivity index (χ3n) is 4.41. The summed E-state index contributed by atoms with van der Waals surface area (Å²) in [5, 5.41) is 7.30. The number of nitrogens with one attached hydrogen (secondary N) is 2. The number of furan rings is 1. The maximum atomic E-state index is 12.6. The molecule has 0 spiro atoms. The Labute approximate surface area is 157 Å². The van der Waals surface area contributed by atoms with Crippen molar-refractivity contribution in [3.8, 4) is 0 Å². The van der Waals surface area contributed by atoms with E-state index in [-0.39, 0.29) is 11.0 Å². The van der Waals surface area contributed by atoms with Gasteiger partial charge in [-0.25, -0.2) is 0 Å². The Morgan fingerprint density at radius 3 is 2.69 bits per heavy atom. The van der Waals surface area contributed by atoms with E-state index in [0.717, 1.165) is 47.4 Å². The van der Waals surface area contributed by atoms with Crippen LogP contribution < -0.4 is 16.5 Å². The van der Waals surface area contributed by atoms with Crippen LogP contribution in [0.3, 0.4) is 0 Å². The van der Waals surface area contributed by atoms with Crippen molar-refractivity contribution in [2.45, 2.75) is 39.7 Å². The molecule has 1 aromatic heterocycles. The van der Waals surface area contributed by atoms with Crippen LogP contribution in [0, 0.1) is 13.8 Å². The molecule has 0 saturated carbocycles. The first-order chi connectivity index (χ1) is 12.5. The fourth-order valence-electron chi connectivity index (χ4n) is 3.09. The average Bonchev–Trinajstić information content (AvgIpc) is 2.97. The molecule has 1 amide bonds. The highest BCUT2D eigenvalue weighted by atomic mass is 32.1. The van der Waals surface area contributed by atoms with Gasteiger partial charge in [0, 0.05) is 24.1 Å². The summed E-state index contributed by atoms with van der Waals surface area (Å²) in [5.41, 5.74) is 12.8. The van der Waals surface area contributed by atoms with Gasteiger partial charge in [-0.3, -0.25) is 10.2 Å². The number of hydrazone groups is 1. The minimum absolute atomic E-state index is 0.113. The fourth-order valence-corrected chi connectivity index (χ4v) is 3.13. The van der Waals surface area contributed by atoms with Crippen LogP contribution in [0.15, 0.2) is 33.8 Å². The van der Waals surface area contributed by atoms with Crippen LogP contribution in [-0.4, -0.2) is 16.7 Å². The molecule has 6 nitrogen and oxygen atoms in total. The smallest absolute Gasteiger partial charge is 0.287 e. The Morgan fingerprint density at radius 2 is 2.00 bits per heavy atom. The molecule has 0 bridgehead atoms. The number of carbonyl (C=O) groups excluding carboxylic acids is 1. The first kappa shape index (κ1) is 18.1. The number of nitrogens with zero attached hydrogens (tertiary/aromatic N) is 1. The van der Waals surface area contributed by atoms with Gasteiger partial charge in [0.05, 0.1) is 5.71 Å². The lowest BCUT2D eigenvalue weighted by atomic mass is 9.93. The highest BCUT2D eigenvalue weighted by Gasteiger charge is 2.27. The standard InChI is InChI=1S/C19H22N4O2S/c1-11-6-8-13(9-7-11)10-21-18(24)17-12(2)16-14(22-23-19(20)26)4-3-5-15(16)25-17/h6-9H,3-5,10H2,1-2H3,(H,21,24)(H3,20,23,26)/b22-14+. The van der Waals surface area contributed by atoms with E-state index in [4.69, 9.17) is 22.4 Å². The van der Waals surface area contributed by atoms with Crippen LogP contribution in [0.4, 0.5) is 0 Å². The highest BCUT2D eigenvalue weighted by molar-refractivity contribution is 7.80. The van der Waals surface area contributed by atoms with Crippen LogP contribution in [-0.2, 0) is 13.0 Å². The molecule has 0 saturated heterocycles. The van der Waals surface area contributed by atoms with Gasteiger partial charge in [-0.05, 0) is 44.5 Å². The topological polar surface area (TPSA) is 92.6 Å². The van der Waals surface area contributed by atoms with Gasteiger partial charge in [0.1, 0.15) is 5.76 Å². The number of aryl methyl sites for hydroxylation is 2. The minimum atomic E-state index is -0.223. The third kappa shape index (κ3) is 3.94. The van der Waals surface area contributed by atoms with Gasteiger partial charge in [-0.2, -0.15) is 5.10 Å². The Kier molecular flexibility index (Phi) is 5.37. The van der Waals surface area contributed by atoms with Crippen molar-refractivity contribution in [2.75, 3.05) is 0 Å². The lowest BCUT2D eigenvalue weighted by Gasteiger charge is -2.13. The summed E-state index contributed by atoms with van der Waals surface area (Å²) in [6.45, 7) is 4.36. The zero-order valence-corrected chi connectivity index (χ0v) is 15.7. The molecule has 3 rings (SSSR count). The van der Waals surface area contributed by atoms with Crippen LogP contribution in [0.2, 0.25) is 0 Å². The summed E-state index contributed by atoms with van der Waals surface area (Å²) in [4.78, 5) is 12.6. The van der Waals surface area contributed by atoms with Crippen molar-refractivity contribution >= 4 is 28.9 Å². The summed E-state index contributed by atoms with van der Waals surface area (Å²) in [5.74, 6) is 0.906. The Hall–Kier alpha value is -2.67. The molecule has 26 heavy (non-hydrogen) atoms. The molecular formula is C19H22N4O2S. The summed E-state index contributed by atoms with van der Waals surface area (Å²) in [7, 11) is 0. The van der Waals surface area contributed by atoms with E-state index in [2.05, 4.69) is 15.8 Å². The van der Waals surface area contributed by atoms with Crippen LogP contribution in [0.5, 0.6) is 0 Å². The van der Waals surface area contributed by atoms with E-state index >= 15 is 0 Å². The molecule has 0 fully saturated rings. The predicted octanol–water partition coefficient (Wildman–Crippen LogP) is 2.70. The van der Waals surface area contributed by atoms with Crippen molar-refractivity contribution in [2.24, 2.45) is 10.8 Å². The van der Waals surface area contributed by atoms with E-state index in [1.807, 2.05) is 38.1 Å². The summed E-state index contributed by atoms with van der Waals surface area (Å²) in [6.07, 6.45) is 2.48. The number of benzene rings is 1. The summed E-state index contributed by atoms with van der Waals surface area (Å²) >= 11 is 4.80. The maximum absolute atomic E-state index is 12.6. The van der Waals surface area contributed by atoms with E-state index in [9.17, 15) is 4.79 Å². The molecule has 0 unspecified atom stereocenters. The molecule has 136 valence electrons. The molecule has 1 heterocycles. The lowest BCUT2D eigenvalue weighted by Crippen LogP contribution is -2.26. The highest BCUT2D eigenvalue weighted by Crippen LogP contribution is 2.29. The van der Waals surface area contributed by atoms with Crippen molar-refractivity contribution in [3.05, 3.63) is 58.0 Å². The van der Waals surface area contributed by atoms with Gasteiger partial charge in [0.15, 0.2) is 10.9 Å². The van der Waals surface area contributed by atoms with Gasteiger partial charge in [0.25, 0.3) is 5.91 Å². The average molecular weight is 370 g/mol. The first-order valence-electron chi connectivity index (χ1n) is 8.54. The number of carbonyl (C=O) groups is 1. The van der Waals surface area contributed by atoms with Gasteiger partial charge in [0.2, 0.25) is 0 Å². The molecule has 7 heteroatoms. The molecule has 0 atom stereocenters. The molecule has 0 radical (unpaired) electrons. The van der Waals surface area contributed by atoms with E-state index in [1.165, 1.54) is 5.56 Å². The molecule has 2 aromatic rings. The zero-order chi connectivity index (χ0) is 18.7. The Bertz CT molecular complexity index is 868. The van der Waals surface area contributed by atoms with E-state index < -0.39 is 0 Å². The first-order valence-corrected chi connectivity index (χ1v) is 8.95. The van der Waals surface area contributed by atoms with Crippen molar-refractivity contribution < 1.29 is 9.21 Å². The second kappa shape index (κ2) is 7.70. The van der Waals surface area contributed by atoms with Gasteiger partial charge < -0.3 is 15.5 Å². The largest absolute Gasteiger partial charge is 0.455 e. The molecule has 1 aliphatic carbocycles. The lowest BCUT2D eigenvalue weighted by molar-refractivity contribution is 0.0920. The van der Waals surface area contributed by atoms with Crippen molar-refractivity contribution in [1.29, 1.82) is 0 Å². The normalized spacial score (nSPS) is 14.8. The Balaban J connectivity index is 1.78. The number of nitrogens with two attached hydrogens (primary N) is 1. The predicted molar refractivity (Wildman–Crippen MR) is 105 cm³/mol.